The van der Waals surface area contributed by atoms with Crippen LogP contribution in [0.3, 0.4) is 0 Å². The summed E-state index contributed by atoms with van der Waals surface area (Å²) in [6.45, 7) is -0.0467. The number of hydrogen-bond donors (Lipinski definition) is 2. The molecule has 19 heavy (non-hydrogen) atoms. The van der Waals surface area contributed by atoms with Crippen molar-refractivity contribution in [3.05, 3.63) is 36.0 Å². The number of anilines is 1. The first kappa shape index (κ1) is 12.7. The van der Waals surface area contributed by atoms with E-state index in [1.807, 2.05) is 0 Å². The topological polar surface area (TPSA) is 88.2 Å². The fourth-order valence-corrected chi connectivity index (χ4v) is 1.78. The Labute approximate surface area is 108 Å². The number of nitrogens with one attached hydrogen (secondary N) is 2. The second-order valence-corrected chi connectivity index (χ2v) is 3.70. The highest BCUT2D eigenvalue weighted by molar-refractivity contribution is 6.09. The van der Waals surface area contributed by atoms with Crippen molar-refractivity contribution in [3.8, 4) is 0 Å². The highest BCUT2D eigenvalue weighted by Crippen LogP contribution is 2.23. The third-order valence-corrected chi connectivity index (χ3v) is 2.58. The molecule has 0 aliphatic rings. The third-order valence-electron chi connectivity index (χ3n) is 2.58. The van der Waals surface area contributed by atoms with Crippen LogP contribution in [0.4, 0.5) is 5.69 Å². The highest BCUT2D eigenvalue weighted by atomic mass is 16.2. The third kappa shape index (κ3) is 2.57. The molecule has 0 aliphatic carbocycles. The molecule has 1 aromatic heterocycles. The molecule has 0 aliphatic heterocycles. The van der Waals surface area contributed by atoms with Crippen LogP contribution in [0.25, 0.3) is 10.9 Å². The zero-order chi connectivity index (χ0) is 13.7. The van der Waals surface area contributed by atoms with Crippen LogP contribution >= 0.6 is 0 Å². The van der Waals surface area contributed by atoms with E-state index >= 15 is 0 Å². The highest BCUT2D eigenvalue weighted by Gasteiger charge is 2.11. The van der Waals surface area contributed by atoms with Crippen LogP contribution in [-0.4, -0.2) is 30.1 Å². The van der Waals surface area contributed by atoms with Gasteiger partial charge < -0.3 is 15.4 Å². The number of hydrogen-bond acceptors (Lipinski definition) is 4. The van der Waals surface area contributed by atoms with Crippen molar-refractivity contribution in [1.82, 2.24) is 10.3 Å². The minimum atomic E-state index is -0.359. The number of nitrogens with zero attached hydrogens (tertiary/aromatic N) is 1. The molecule has 0 radical (unpaired) electrons. The summed E-state index contributed by atoms with van der Waals surface area (Å²) in [6, 6.07) is 6.70. The van der Waals surface area contributed by atoms with Gasteiger partial charge >= 0.3 is 0 Å². The van der Waals surface area contributed by atoms with Gasteiger partial charge in [0, 0.05) is 11.6 Å². The zero-order valence-corrected chi connectivity index (χ0v) is 9.92. The van der Waals surface area contributed by atoms with E-state index in [1.54, 1.807) is 24.3 Å². The van der Waals surface area contributed by atoms with Gasteiger partial charge in [-0.15, -0.1) is 0 Å². The van der Waals surface area contributed by atoms with E-state index in [1.165, 1.54) is 6.20 Å². The Bertz CT molecular complexity index is 640. The fraction of sp³-hybridized carbons (Fsp3) is 0.0769. The second-order valence-electron chi connectivity index (χ2n) is 3.70. The summed E-state index contributed by atoms with van der Waals surface area (Å²) in [6.07, 6.45) is 2.64. The van der Waals surface area contributed by atoms with E-state index < -0.39 is 0 Å². The first-order chi connectivity index (χ1) is 9.27. The van der Waals surface area contributed by atoms with Crippen LogP contribution in [0, 0.1) is 0 Å². The fourth-order valence-electron chi connectivity index (χ4n) is 1.78. The lowest BCUT2D eigenvalue weighted by Crippen LogP contribution is -2.25. The van der Waals surface area contributed by atoms with E-state index in [9.17, 15) is 14.4 Å². The standard InChI is InChI=1S/C13H11N3O3/c17-7-6-15-13(19)10-4-5-14-12-9(10)2-1-3-11(12)16-8-18/h1-5,7-8H,6H2,(H,15,19)(H,16,18). The molecule has 96 valence electrons. The lowest BCUT2D eigenvalue weighted by atomic mass is 10.1. The van der Waals surface area contributed by atoms with Gasteiger partial charge in [0.15, 0.2) is 0 Å². The van der Waals surface area contributed by atoms with Crippen LogP contribution in [0.1, 0.15) is 10.4 Å². The van der Waals surface area contributed by atoms with Gasteiger partial charge in [-0.05, 0) is 12.1 Å². The zero-order valence-electron chi connectivity index (χ0n) is 9.92. The summed E-state index contributed by atoms with van der Waals surface area (Å²) in [4.78, 5) is 36.8. The minimum Gasteiger partial charge on any atom is -0.345 e. The van der Waals surface area contributed by atoms with E-state index in [-0.39, 0.29) is 12.5 Å². The predicted molar refractivity (Wildman–Crippen MR) is 69.8 cm³/mol. The molecule has 0 spiro atoms. The Morgan fingerprint density at radius 1 is 1.26 bits per heavy atom. The van der Waals surface area contributed by atoms with Crippen LogP contribution in [0.5, 0.6) is 0 Å². The summed E-state index contributed by atoms with van der Waals surface area (Å²) in [5.41, 5.74) is 1.45. The predicted octanol–water partition coefficient (Wildman–Crippen LogP) is 0.732. The summed E-state index contributed by atoms with van der Waals surface area (Å²) in [5, 5.41) is 5.61. The van der Waals surface area contributed by atoms with E-state index in [0.29, 0.717) is 34.9 Å². The number of amides is 2. The van der Waals surface area contributed by atoms with Gasteiger partial charge in [-0.2, -0.15) is 0 Å². The van der Waals surface area contributed by atoms with Gasteiger partial charge in [-0.3, -0.25) is 14.6 Å². The molecule has 6 nitrogen and oxygen atoms in total. The van der Waals surface area contributed by atoms with Crippen molar-refractivity contribution in [2.75, 3.05) is 11.9 Å². The van der Waals surface area contributed by atoms with Crippen LogP contribution in [0.15, 0.2) is 30.5 Å². The van der Waals surface area contributed by atoms with Crippen molar-refractivity contribution in [3.63, 3.8) is 0 Å². The maximum atomic E-state index is 11.9. The van der Waals surface area contributed by atoms with Crippen LogP contribution < -0.4 is 10.6 Å². The summed E-state index contributed by atoms with van der Waals surface area (Å²) in [5.74, 6) is -0.359. The van der Waals surface area contributed by atoms with E-state index in [4.69, 9.17) is 0 Å². The molecular formula is C13H11N3O3. The molecule has 0 bridgehead atoms. The van der Waals surface area contributed by atoms with Gasteiger partial charge in [-0.1, -0.05) is 12.1 Å². The number of aldehydes is 1. The lowest BCUT2D eigenvalue weighted by molar-refractivity contribution is -0.107. The molecule has 1 heterocycles. The molecule has 1 aromatic carbocycles. The Morgan fingerprint density at radius 3 is 2.84 bits per heavy atom. The number of carbonyl (C=O) groups is 3. The average Bonchev–Trinajstić information content (AvgIpc) is 2.45. The largest absolute Gasteiger partial charge is 0.345 e. The normalized spacial score (nSPS) is 9.89. The molecule has 0 saturated heterocycles. The van der Waals surface area contributed by atoms with E-state index in [0.717, 1.165) is 0 Å². The van der Waals surface area contributed by atoms with Crippen LogP contribution in [-0.2, 0) is 9.59 Å². The molecule has 2 amide bonds. The molecule has 2 N–H and O–H groups in total. The summed E-state index contributed by atoms with van der Waals surface area (Å²) >= 11 is 0. The monoisotopic (exact) mass is 257 g/mol. The Hall–Kier alpha value is -2.76. The Balaban J connectivity index is 2.51. The molecule has 0 unspecified atom stereocenters. The number of aromatic nitrogens is 1. The van der Waals surface area contributed by atoms with Gasteiger partial charge in [0.1, 0.15) is 6.29 Å². The number of para-hydroxylation sites is 1. The number of benzene rings is 1. The Morgan fingerprint density at radius 2 is 2.11 bits per heavy atom. The average molecular weight is 257 g/mol. The molecule has 2 rings (SSSR count). The van der Waals surface area contributed by atoms with Gasteiger partial charge in [-0.25, -0.2) is 0 Å². The Kier molecular flexibility index (Phi) is 3.82. The summed E-state index contributed by atoms with van der Waals surface area (Å²) < 4.78 is 0. The van der Waals surface area contributed by atoms with E-state index in [2.05, 4.69) is 15.6 Å². The number of carbonyl (C=O) groups excluding carboxylic acids is 3. The summed E-state index contributed by atoms with van der Waals surface area (Å²) in [7, 11) is 0. The lowest BCUT2D eigenvalue weighted by Gasteiger charge is -2.08. The number of pyridine rings is 1. The van der Waals surface area contributed by atoms with Crippen molar-refractivity contribution < 1.29 is 14.4 Å². The maximum absolute atomic E-state index is 11.9. The van der Waals surface area contributed by atoms with Crippen molar-refractivity contribution in [2.24, 2.45) is 0 Å². The smallest absolute Gasteiger partial charge is 0.252 e. The molecule has 6 heteroatoms. The van der Waals surface area contributed by atoms with Crippen LogP contribution in [0.2, 0.25) is 0 Å². The van der Waals surface area contributed by atoms with Crippen molar-refractivity contribution in [2.45, 2.75) is 0 Å². The van der Waals surface area contributed by atoms with Crippen molar-refractivity contribution >= 4 is 35.2 Å². The maximum Gasteiger partial charge on any atom is 0.252 e. The molecule has 2 aromatic rings. The molecule has 0 fully saturated rings. The molecule has 0 saturated carbocycles. The molecule has 0 atom stereocenters. The van der Waals surface area contributed by atoms with Gasteiger partial charge in [0.05, 0.1) is 23.3 Å². The van der Waals surface area contributed by atoms with Crippen molar-refractivity contribution in [1.29, 1.82) is 0 Å². The number of fused-ring (bicyclic) bond motifs is 1. The van der Waals surface area contributed by atoms with Gasteiger partial charge in [0.2, 0.25) is 6.41 Å². The first-order valence-electron chi connectivity index (χ1n) is 5.57. The minimum absolute atomic E-state index is 0.0467. The second kappa shape index (κ2) is 5.72. The van der Waals surface area contributed by atoms with Gasteiger partial charge in [0.25, 0.3) is 5.91 Å². The number of rotatable bonds is 5. The quantitative estimate of drug-likeness (QED) is 0.773. The molecular weight excluding hydrogens is 246 g/mol. The SMILES string of the molecule is O=CCNC(=O)c1ccnc2c(NC=O)cccc12. The first-order valence-corrected chi connectivity index (χ1v) is 5.57.